The minimum absolute atomic E-state index is 0.0334. The van der Waals surface area contributed by atoms with Gasteiger partial charge in [0.05, 0.1) is 31.2 Å². The van der Waals surface area contributed by atoms with Crippen molar-refractivity contribution in [2.24, 2.45) is 35.0 Å². The van der Waals surface area contributed by atoms with Crippen molar-refractivity contribution in [3.63, 3.8) is 0 Å². The van der Waals surface area contributed by atoms with Crippen LogP contribution in [0.3, 0.4) is 0 Å². The highest BCUT2D eigenvalue weighted by atomic mass is 16.5. The van der Waals surface area contributed by atoms with Gasteiger partial charge in [-0.15, -0.1) is 0 Å². The molecule has 258 valence electrons. The average molecular weight is 641 g/mol. The number of aliphatic hydroxyl groups excluding tert-OH is 1. The maximum atomic E-state index is 13.0. The predicted octanol–water partition coefficient (Wildman–Crippen LogP) is 8.41. The normalized spacial score (nSPS) is 22.5. The lowest BCUT2D eigenvalue weighted by Gasteiger charge is -2.37. The summed E-state index contributed by atoms with van der Waals surface area (Å²) in [6.07, 6.45) is 18.4. The first-order valence-corrected chi connectivity index (χ1v) is 17.9. The van der Waals surface area contributed by atoms with Crippen LogP contribution in [0.1, 0.15) is 123 Å². The zero-order valence-electron chi connectivity index (χ0n) is 29.0. The molecule has 3 rings (SSSR count). The Kier molecular flexibility index (Phi) is 15.8. The number of carbonyl (C=O) groups excluding carboxylic acids is 3. The van der Waals surface area contributed by atoms with Crippen LogP contribution in [0.15, 0.2) is 36.4 Å². The first-order valence-electron chi connectivity index (χ1n) is 17.9. The van der Waals surface area contributed by atoms with E-state index in [0.717, 1.165) is 49.0 Å². The topological polar surface area (TPSA) is 99.1 Å². The van der Waals surface area contributed by atoms with Gasteiger partial charge in [-0.3, -0.25) is 9.59 Å². The number of benzene rings is 1. The van der Waals surface area contributed by atoms with Gasteiger partial charge in [0.1, 0.15) is 5.75 Å². The van der Waals surface area contributed by atoms with E-state index in [-0.39, 0.29) is 37.6 Å². The first kappa shape index (κ1) is 37.8. The van der Waals surface area contributed by atoms with Crippen molar-refractivity contribution in [1.29, 1.82) is 0 Å². The van der Waals surface area contributed by atoms with Gasteiger partial charge in [-0.2, -0.15) is 0 Å². The molecule has 0 saturated heterocycles. The number of ether oxygens (including phenoxy) is 3. The summed E-state index contributed by atoms with van der Waals surface area (Å²) >= 11 is 0. The molecule has 0 aliphatic heterocycles. The Balaban J connectivity index is 1.43. The van der Waals surface area contributed by atoms with Crippen LogP contribution in [-0.2, 0) is 30.3 Å². The van der Waals surface area contributed by atoms with Gasteiger partial charge in [0, 0.05) is 11.5 Å². The number of rotatable bonds is 18. The summed E-state index contributed by atoms with van der Waals surface area (Å²) in [5, 5.41) is 9.47. The van der Waals surface area contributed by atoms with Crippen LogP contribution < -0.4 is 4.74 Å². The van der Waals surface area contributed by atoms with E-state index in [0.29, 0.717) is 17.7 Å². The van der Waals surface area contributed by atoms with Crippen molar-refractivity contribution >= 4 is 17.9 Å². The quantitative estimate of drug-likeness (QED) is 0.0744. The molecule has 1 unspecified atom stereocenters. The number of carbonyl (C=O) groups is 3. The summed E-state index contributed by atoms with van der Waals surface area (Å²) in [7, 11) is 0. The molecule has 7 heteroatoms. The molecular formula is C39H60O7. The predicted molar refractivity (Wildman–Crippen MR) is 181 cm³/mol. The zero-order chi connectivity index (χ0) is 33.5. The molecule has 0 amide bonds. The Morgan fingerprint density at radius 1 is 0.870 bits per heavy atom. The molecule has 1 atom stereocenters. The second-order valence-corrected chi connectivity index (χ2v) is 14.7. The Morgan fingerprint density at radius 2 is 1.46 bits per heavy atom. The fraction of sp³-hybridized carbons (Fsp3) is 0.718. The molecular weight excluding hydrogens is 580 g/mol. The molecule has 1 aromatic carbocycles. The Hall–Kier alpha value is -2.67. The van der Waals surface area contributed by atoms with E-state index in [2.05, 4.69) is 13.5 Å². The van der Waals surface area contributed by atoms with E-state index in [9.17, 15) is 19.5 Å². The van der Waals surface area contributed by atoms with Gasteiger partial charge in [0.2, 0.25) is 0 Å². The number of aliphatic hydroxyl groups is 1. The minimum atomic E-state index is -1.02. The fourth-order valence-corrected chi connectivity index (χ4v) is 6.97. The minimum Gasteiger partial charge on any atom is -0.465 e. The molecule has 46 heavy (non-hydrogen) atoms. The summed E-state index contributed by atoms with van der Waals surface area (Å²) in [6.45, 7) is 10.4. The molecule has 0 heterocycles. The molecule has 1 N–H and O–H groups in total. The first-order chi connectivity index (χ1) is 22.0. The van der Waals surface area contributed by atoms with Crippen molar-refractivity contribution in [1.82, 2.24) is 0 Å². The smallest absolute Gasteiger partial charge is 0.333 e. The molecule has 2 aliphatic rings. The van der Waals surface area contributed by atoms with Crippen molar-refractivity contribution < 1.29 is 33.7 Å². The van der Waals surface area contributed by atoms with E-state index < -0.39 is 17.4 Å². The lowest BCUT2D eigenvalue weighted by molar-refractivity contribution is -0.158. The number of hydrogen-bond acceptors (Lipinski definition) is 7. The second-order valence-electron chi connectivity index (χ2n) is 14.7. The Morgan fingerprint density at radius 3 is 2.04 bits per heavy atom. The van der Waals surface area contributed by atoms with E-state index in [1.54, 1.807) is 32.9 Å². The summed E-state index contributed by atoms with van der Waals surface area (Å²) in [5.74, 6) is 1.55. The molecule has 1 aromatic rings. The van der Waals surface area contributed by atoms with Crippen LogP contribution in [-0.4, -0.2) is 42.8 Å². The van der Waals surface area contributed by atoms with Gasteiger partial charge >= 0.3 is 17.9 Å². The highest BCUT2D eigenvalue weighted by Gasteiger charge is 2.34. The third-order valence-electron chi connectivity index (χ3n) is 10.2. The maximum Gasteiger partial charge on any atom is 0.333 e. The van der Waals surface area contributed by atoms with Gasteiger partial charge in [-0.1, -0.05) is 77.0 Å². The summed E-state index contributed by atoms with van der Waals surface area (Å²) in [6, 6.07) is 7.35. The third kappa shape index (κ3) is 12.5. The highest BCUT2D eigenvalue weighted by molar-refractivity contribution is 5.86. The number of hydrogen-bond donors (Lipinski definition) is 1. The summed E-state index contributed by atoms with van der Waals surface area (Å²) in [5.41, 5.74) is 0.207. The molecule has 7 nitrogen and oxygen atoms in total. The van der Waals surface area contributed by atoms with Gasteiger partial charge in [-0.05, 0) is 101 Å². The van der Waals surface area contributed by atoms with E-state index in [1.807, 2.05) is 12.1 Å². The SMILES string of the molecule is C=C(C)C(=O)OCC(COC(=O)C(C)(C)CO)Cc1ccc(OC(=O)C2CCC(C3CCC(CCCCCCC)CC3)CC2)cc1. The van der Waals surface area contributed by atoms with Crippen LogP contribution >= 0.6 is 0 Å². The van der Waals surface area contributed by atoms with Crippen LogP contribution in [0, 0.1) is 35.0 Å². The number of unbranched alkanes of at least 4 members (excludes halogenated alkanes) is 4. The number of esters is 3. The molecule has 0 bridgehead atoms. The highest BCUT2D eigenvalue weighted by Crippen LogP contribution is 2.42. The van der Waals surface area contributed by atoms with Crippen LogP contribution in [0.4, 0.5) is 0 Å². The van der Waals surface area contributed by atoms with Crippen LogP contribution in [0.5, 0.6) is 5.75 Å². The molecule has 0 spiro atoms. The third-order valence-corrected chi connectivity index (χ3v) is 10.2. The van der Waals surface area contributed by atoms with Crippen molar-refractivity contribution in [3.8, 4) is 5.75 Å². The maximum absolute atomic E-state index is 13.0. The lowest BCUT2D eigenvalue weighted by atomic mass is 9.68. The van der Waals surface area contributed by atoms with Crippen molar-refractivity contribution in [2.75, 3.05) is 19.8 Å². The lowest BCUT2D eigenvalue weighted by Crippen LogP contribution is -2.32. The van der Waals surface area contributed by atoms with E-state index >= 15 is 0 Å². The molecule has 2 fully saturated rings. The monoisotopic (exact) mass is 640 g/mol. The second kappa shape index (κ2) is 19.2. The fourth-order valence-electron chi connectivity index (χ4n) is 6.97. The molecule has 0 radical (unpaired) electrons. The Labute approximate surface area is 277 Å². The zero-order valence-corrected chi connectivity index (χ0v) is 29.0. The molecule has 2 saturated carbocycles. The molecule has 0 aromatic heterocycles. The summed E-state index contributed by atoms with van der Waals surface area (Å²) in [4.78, 5) is 37.4. The van der Waals surface area contributed by atoms with Crippen molar-refractivity contribution in [2.45, 2.75) is 124 Å². The Bertz CT molecular complexity index is 1090. The summed E-state index contributed by atoms with van der Waals surface area (Å²) < 4.78 is 16.6. The average Bonchev–Trinajstić information content (AvgIpc) is 3.06. The van der Waals surface area contributed by atoms with Crippen molar-refractivity contribution in [3.05, 3.63) is 42.0 Å². The van der Waals surface area contributed by atoms with Gasteiger partial charge < -0.3 is 19.3 Å². The molecule has 2 aliphatic carbocycles. The van der Waals surface area contributed by atoms with Crippen LogP contribution in [0.25, 0.3) is 0 Å². The largest absolute Gasteiger partial charge is 0.465 e. The van der Waals surface area contributed by atoms with E-state index in [1.165, 1.54) is 64.2 Å². The standard InChI is InChI=1S/C39H60O7/c1-6-7-8-9-10-11-29-12-16-32(17-13-29)33-18-20-34(21-19-33)37(42)46-35-22-14-30(15-23-35)24-31(25-44-36(41)28(2)3)26-45-38(43)39(4,5)27-40/h14-15,22-23,29,31-34,40H,2,6-13,16-21,24-27H2,1,3-5H3. The van der Waals surface area contributed by atoms with Crippen LogP contribution in [0.2, 0.25) is 0 Å². The van der Waals surface area contributed by atoms with Gasteiger partial charge in [0.15, 0.2) is 0 Å². The van der Waals surface area contributed by atoms with E-state index in [4.69, 9.17) is 14.2 Å². The van der Waals surface area contributed by atoms with Gasteiger partial charge in [-0.25, -0.2) is 4.79 Å². The van der Waals surface area contributed by atoms with Gasteiger partial charge in [0.25, 0.3) is 0 Å².